The molecule has 5 rings (SSSR count). The Labute approximate surface area is 196 Å². The van der Waals surface area contributed by atoms with Crippen molar-refractivity contribution in [1.82, 2.24) is 20.2 Å². The van der Waals surface area contributed by atoms with Gasteiger partial charge in [-0.15, -0.1) is 10.2 Å². The Morgan fingerprint density at radius 3 is 2.56 bits per heavy atom. The summed E-state index contributed by atoms with van der Waals surface area (Å²) < 4.78 is 43.6. The van der Waals surface area contributed by atoms with Gasteiger partial charge in [0.1, 0.15) is 30.4 Å². The van der Waals surface area contributed by atoms with Gasteiger partial charge in [0, 0.05) is 29.8 Å². The van der Waals surface area contributed by atoms with Crippen LogP contribution < -0.4 is 10.2 Å². The molecule has 2 aliphatic heterocycles. The minimum Gasteiger partial charge on any atom is -0.422 e. The Bertz CT molecular complexity index is 1320. The van der Waals surface area contributed by atoms with Gasteiger partial charge in [-0.05, 0) is 50.8 Å². The van der Waals surface area contributed by atoms with E-state index in [1.165, 1.54) is 18.5 Å². The Morgan fingerprint density at radius 2 is 1.94 bits per heavy atom. The molecule has 0 spiro atoms. The molecule has 0 radical (unpaired) electrons. The molecule has 0 amide bonds. The number of aromatic nitrogens is 4. The highest BCUT2D eigenvalue weighted by molar-refractivity contribution is 7.90. The molecule has 2 aromatic heterocycles. The highest BCUT2D eigenvalue weighted by atomic mass is 32.2. The summed E-state index contributed by atoms with van der Waals surface area (Å²) in [7, 11) is -3.50. The molecule has 3 aromatic rings. The molecule has 4 heterocycles. The van der Waals surface area contributed by atoms with Crippen LogP contribution in [0.1, 0.15) is 48.9 Å². The van der Waals surface area contributed by atoms with Crippen molar-refractivity contribution in [3.63, 3.8) is 0 Å². The molecule has 2 fully saturated rings. The lowest BCUT2D eigenvalue weighted by Gasteiger charge is -2.39. The lowest BCUT2D eigenvalue weighted by Crippen LogP contribution is -2.43. The van der Waals surface area contributed by atoms with Gasteiger partial charge < -0.3 is 19.7 Å². The van der Waals surface area contributed by atoms with Crippen LogP contribution in [0.15, 0.2) is 33.8 Å². The van der Waals surface area contributed by atoms with Crippen LogP contribution in [0.3, 0.4) is 0 Å². The van der Waals surface area contributed by atoms with Crippen LogP contribution in [0.25, 0.3) is 0 Å². The van der Waals surface area contributed by atoms with Crippen LogP contribution in [0.2, 0.25) is 0 Å². The highest BCUT2D eigenvalue weighted by Crippen LogP contribution is 2.45. The van der Waals surface area contributed by atoms with Crippen molar-refractivity contribution >= 4 is 27.2 Å². The number of nitrogens with one attached hydrogen (secondary N) is 1. The Balaban J connectivity index is 1.38. The predicted molar refractivity (Wildman–Crippen MR) is 121 cm³/mol. The molecule has 180 valence electrons. The summed E-state index contributed by atoms with van der Waals surface area (Å²) in [6.45, 7) is 1.61. The molecule has 0 saturated carbocycles. The van der Waals surface area contributed by atoms with E-state index < -0.39 is 15.7 Å². The fourth-order valence-electron chi connectivity index (χ4n) is 5.00. The first kappa shape index (κ1) is 22.7. The van der Waals surface area contributed by atoms with Crippen LogP contribution in [0.5, 0.6) is 0 Å². The minimum atomic E-state index is -3.50. The van der Waals surface area contributed by atoms with Gasteiger partial charge >= 0.3 is 0 Å². The summed E-state index contributed by atoms with van der Waals surface area (Å²) in [6, 6.07) is 4.23. The maximum Gasteiger partial charge on any atom is 0.241 e. The number of nitrogens with zero attached hydrogens (tertiary/aromatic N) is 5. The van der Waals surface area contributed by atoms with Gasteiger partial charge in [0.05, 0.1) is 10.6 Å². The van der Waals surface area contributed by atoms with E-state index in [1.807, 2.05) is 6.92 Å². The van der Waals surface area contributed by atoms with E-state index in [-0.39, 0.29) is 41.1 Å². The van der Waals surface area contributed by atoms with Gasteiger partial charge in [-0.2, -0.15) is 0 Å². The van der Waals surface area contributed by atoms with E-state index in [9.17, 15) is 17.9 Å². The van der Waals surface area contributed by atoms with Gasteiger partial charge in [-0.25, -0.2) is 22.8 Å². The fraction of sp³-hybridized carbons (Fsp3) is 0.455. The maximum atomic E-state index is 14.6. The van der Waals surface area contributed by atoms with E-state index >= 15 is 0 Å². The van der Waals surface area contributed by atoms with E-state index in [1.54, 1.807) is 0 Å². The first-order valence-corrected chi connectivity index (χ1v) is 12.9. The fourth-order valence-corrected chi connectivity index (χ4v) is 5.64. The van der Waals surface area contributed by atoms with E-state index in [2.05, 4.69) is 30.4 Å². The minimum absolute atomic E-state index is 0.0811. The standard InChI is InChI=1S/C22H25FN6O4S/c1-12-20(26-18-6-5-16(9-17(18)23)34(2,31)32)24-11-25-21(12)29-14-3-4-15(29)8-13(7-14)22-28-27-19(10-30)33-22/h5-6,9,11,13-15,30H,3-4,7-8,10H2,1-2H3,(H,24,25,26). The van der Waals surface area contributed by atoms with Crippen LogP contribution in [0, 0.1) is 12.7 Å². The summed E-state index contributed by atoms with van der Waals surface area (Å²) in [4.78, 5) is 11.1. The van der Waals surface area contributed by atoms with Crippen molar-refractivity contribution in [2.45, 2.75) is 62.1 Å². The molecule has 1 aromatic carbocycles. The van der Waals surface area contributed by atoms with Gasteiger partial charge in [0.2, 0.25) is 11.8 Å². The zero-order chi connectivity index (χ0) is 24.0. The zero-order valence-electron chi connectivity index (χ0n) is 18.8. The molecule has 10 nitrogen and oxygen atoms in total. The Kier molecular flexibility index (Phi) is 5.72. The highest BCUT2D eigenvalue weighted by Gasteiger charge is 2.44. The van der Waals surface area contributed by atoms with Crippen LogP contribution in [-0.2, 0) is 16.4 Å². The van der Waals surface area contributed by atoms with Crippen molar-refractivity contribution in [1.29, 1.82) is 0 Å². The third-order valence-corrected chi connectivity index (χ3v) is 7.73. The summed E-state index contributed by atoms with van der Waals surface area (Å²) in [6.07, 6.45) is 6.17. The van der Waals surface area contributed by atoms with Crippen LogP contribution in [-0.4, -0.2) is 52.0 Å². The van der Waals surface area contributed by atoms with E-state index in [4.69, 9.17) is 4.42 Å². The van der Waals surface area contributed by atoms with E-state index in [0.29, 0.717) is 11.7 Å². The van der Waals surface area contributed by atoms with Gasteiger partial charge in [0.15, 0.2) is 9.84 Å². The zero-order valence-corrected chi connectivity index (χ0v) is 19.6. The topological polar surface area (TPSA) is 134 Å². The smallest absolute Gasteiger partial charge is 0.241 e. The van der Waals surface area contributed by atoms with Crippen LogP contribution >= 0.6 is 0 Å². The molecular weight excluding hydrogens is 463 g/mol. The Morgan fingerprint density at radius 1 is 1.21 bits per heavy atom. The number of hydrogen-bond acceptors (Lipinski definition) is 10. The number of aliphatic hydroxyl groups is 1. The normalized spacial score (nSPS) is 22.2. The van der Waals surface area contributed by atoms with E-state index in [0.717, 1.165) is 49.4 Å². The molecule has 0 aliphatic carbocycles. The number of aliphatic hydroxyl groups excluding tert-OH is 1. The van der Waals surface area contributed by atoms with Gasteiger partial charge in [-0.1, -0.05) is 0 Å². The van der Waals surface area contributed by atoms with Gasteiger partial charge in [-0.3, -0.25) is 0 Å². The first-order valence-electron chi connectivity index (χ1n) is 11.0. The average Bonchev–Trinajstić information content (AvgIpc) is 3.38. The maximum absolute atomic E-state index is 14.6. The molecule has 2 saturated heterocycles. The number of piperidine rings is 1. The number of sulfone groups is 1. The van der Waals surface area contributed by atoms with Crippen molar-refractivity contribution in [2.24, 2.45) is 0 Å². The third kappa shape index (κ3) is 4.11. The van der Waals surface area contributed by atoms with Crippen LogP contribution in [0.4, 0.5) is 21.7 Å². The number of fused-ring (bicyclic) bond motifs is 2. The average molecular weight is 489 g/mol. The molecular formula is C22H25FN6O4S. The lowest BCUT2D eigenvalue weighted by molar-refractivity contribution is 0.231. The molecule has 2 aliphatic rings. The summed E-state index contributed by atoms with van der Waals surface area (Å²) in [5.74, 6) is 1.49. The summed E-state index contributed by atoms with van der Waals surface area (Å²) in [5, 5.41) is 20.2. The quantitative estimate of drug-likeness (QED) is 0.533. The monoisotopic (exact) mass is 488 g/mol. The largest absolute Gasteiger partial charge is 0.422 e. The Hall–Kier alpha value is -3.12. The molecule has 12 heteroatoms. The first-order chi connectivity index (χ1) is 16.2. The number of halogens is 1. The van der Waals surface area contributed by atoms with Crippen molar-refractivity contribution < 1.29 is 22.3 Å². The molecule has 34 heavy (non-hydrogen) atoms. The molecule has 2 unspecified atom stereocenters. The lowest BCUT2D eigenvalue weighted by atomic mass is 9.90. The summed E-state index contributed by atoms with van der Waals surface area (Å²) in [5.41, 5.74) is 0.919. The summed E-state index contributed by atoms with van der Waals surface area (Å²) >= 11 is 0. The third-order valence-electron chi connectivity index (χ3n) is 6.62. The second kappa shape index (κ2) is 8.58. The number of anilines is 3. The predicted octanol–water partition coefficient (Wildman–Crippen LogP) is 2.86. The number of rotatable bonds is 6. The van der Waals surface area contributed by atoms with Crippen molar-refractivity contribution in [2.75, 3.05) is 16.5 Å². The number of benzene rings is 1. The van der Waals surface area contributed by atoms with Crippen molar-refractivity contribution in [3.8, 4) is 0 Å². The van der Waals surface area contributed by atoms with Gasteiger partial charge in [0.25, 0.3) is 0 Å². The molecule has 2 bridgehead atoms. The molecule has 2 atom stereocenters. The number of hydrogen-bond donors (Lipinski definition) is 2. The van der Waals surface area contributed by atoms with Crippen molar-refractivity contribution in [3.05, 3.63) is 47.7 Å². The molecule has 2 N–H and O–H groups in total. The second-order valence-corrected chi connectivity index (χ2v) is 10.9. The SMILES string of the molecule is Cc1c(Nc2ccc(S(C)(=O)=O)cc2F)ncnc1N1C2CCC1CC(c1nnc(CO)o1)C2. The second-order valence-electron chi connectivity index (χ2n) is 8.86.